The van der Waals surface area contributed by atoms with Crippen molar-refractivity contribution in [3.63, 3.8) is 0 Å². The van der Waals surface area contributed by atoms with Crippen LogP contribution in [-0.2, 0) is 10.0 Å². The molecule has 0 radical (unpaired) electrons. The molecule has 1 aromatic rings. The number of hydrogen-bond donors (Lipinski definition) is 1. The second-order valence-corrected chi connectivity index (χ2v) is 6.93. The van der Waals surface area contributed by atoms with Crippen LogP contribution < -0.4 is 5.73 Å². The zero-order valence-corrected chi connectivity index (χ0v) is 13.0. The van der Waals surface area contributed by atoms with Crippen LogP contribution in [0.5, 0.6) is 0 Å². The highest BCUT2D eigenvalue weighted by Crippen LogP contribution is 2.21. The van der Waals surface area contributed by atoms with Crippen LogP contribution in [0, 0.1) is 12.8 Å². The quantitative estimate of drug-likeness (QED) is 0.817. The maximum atomic E-state index is 12.6. The first-order valence-electron chi connectivity index (χ1n) is 6.69. The van der Waals surface area contributed by atoms with Crippen LogP contribution in [0.3, 0.4) is 0 Å². The van der Waals surface area contributed by atoms with Gasteiger partial charge in [0.15, 0.2) is 0 Å². The van der Waals surface area contributed by atoms with Gasteiger partial charge in [-0.05, 0) is 36.6 Å². The first-order valence-corrected chi connectivity index (χ1v) is 8.13. The molecule has 0 saturated heterocycles. The van der Waals surface area contributed by atoms with Gasteiger partial charge in [0.1, 0.15) is 0 Å². The van der Waals surface area contributed by atoms with Gasteiger partial charge in [-0.1, -0.05) is 27.2 Å². The number of nitrogen functional groups attached to an aromatic ring is 1. The minimum Gasteiger partial charge on any atom is -0.399 e. The third-order valence-corrected chi connectivity index (χ3v) is 5.38. The van der Waals surface area contributed by atoms with Crippen LogP contribution in [-0.4, -0.2) is 25.8 Å². The van der Waals surface area contributed by atoms with E-state index in [0.29, 0.717) is 29.6 Å². The van der Waals surface area contributed by atoms with Gasteiger partial charge in [-0.2, -0.15) is 4.31 Å². The molecule has 4 nitrogen and oxygen atoms in total. The molecule has 0 aliphatic rings. The molecule has 0 aromatic heterocycles. The lowest BCUT2D eigenvalue weighted by atomic mass is 10.1. The van der Waals surface area contributed by atoms with Crippen molar-refractivity contribution in [3.05, 3.63) is 23.8 Å². The topological polar surface area (TPSA) is 63.4 Å². The average Bonchev–Trinajstić information content (AvgIpc) is 2.38. The third-order valence-electron chi connectivity index (χ3n) is 3.44. The smallest absolute Gasteiger partial charge is 0.243 e. The maximum absolute atomic E-state index is 12.6. The van der Waals surface area contributed by atoms with Crippen LogP contribution in [0.15, 0.2) is 23.1 Å². The molecule has 0 spiro atoms. The lowest BCUT2D eigenvalue weighted by molar-refractivity contribution is 0.361. The third kappa shape index (κ3) is 3.70. The summed E-state index contributed by atoms with van der Waals surface area (Å²) in [5, 5.41) is 0. The number of rotatable bonds is 6. The van der Waals surface area contributed by atoms with Gasteiger partial charge in [-0.25, -0.2) is 8.42 Å². The minimum atomic E-state index is -3.42. The number of hydrogen-bond acceptors (Lipinski definition) is 3. The largest absolute Gasteiger partial charge is 0.399 e. The Balaban J connectivity index is 3.09. The molecule has 0 aliphatic carbocycles. The molecule has 0 amide bonds. The molecule has 0 bridgehead atoms. The van der Waals surface area contributed by atoms with Gasteiger partial charge >= 0.3 is 0 Å². The van der Waals surface area contributed by atoms with Crippen LogP contribution >= 0.6 is 0 Å². The summed E-state index contributed by atoms with van der Waals surface area (Å²) < 4.78 is 26.7. The van der Waals surface area contributed by atoms with Crippen LogP contribution in [0.1, 0.15) is 32.8 Å². The van der Waals surface area contributed by atoms with E-state index in [0.717, 1.165) is 12.0 Å². The standard InChI is InChI=1S/C14H24N2O2S/c1-5-11(3)10-16(6-2)19(17,18)13-7-8-14(15)12(4)9-13/h7-9,11H,5-6,10,15H2,1-4H3. The van der Waals surface area contributed by atoms with Crippen molar-refractivity contribution >= 4 is 15.7 Å². The number of nitrogens with two attached hydrogens (primary N) is 1. The molecule has 0 aliphatic heterocycles. The normalized spacial score (nSPS) is 13.7. The molecule has 19 heavy (non-hydrogen) atoms. The highest BCUT2D eigenvalue weighted by atomic mass is 32.2. The Morgan fingerprint density at radius 2 is 1.95 bits per heavy atom. The van der Waals surface area contributed by atoms with Crippen molar-refractivity contribution in [1.82, 2.24) is 4.31 Å². The Morgan fingerprint density at radius 1 is 1.32 bits per heavy atom. The molecule has 1 unspecified atom stereocenters. The van der Waals surface area contributed by atoms with E-state index in [9.17, 15) is 8.42 Å². The van der Waals surface area contributed by atoms with E-state index in [4.69, 9.17) is 5.73 Å². The van der Waals surface area contributed by atoms with Crippen molar-refractivity contribution < 1.29 is 8.42 Å². The molecule has 0 heterocycles. The van der Waals surface area contributed by atoms with E-state index in [1.165, 1.54) is 4.31 Å². The van der Waals surface area contributed by atoms with Crippen molar-refractivity contribution in [2.24, 2.45) is 5.92 Å². The molecular formula is C14H24N2O2S. The summed E-state index contributed by atoms with van der Waals surface area (Å²) >= 11 is 0. The Hall–Kier alpha value is -1.07. The zero-order valence-electron chi connectivity index (χ0n) is 12.2. The van der Waals surface area contributed by atoms with Gasteiger partial charge < -0.3 is 5.73 Å². The summed E-state index contributed by atoms with van der Waals surface area (Å²) in [4.78, 5) is 0.323. The summed E-state index contributed by atoms with van der Waals surface area (Å²) in [5.41, 5.74) is 7.14. The fraction of sp³-hybridized carbons (Fsp3) is 0.571. The van der Waals surface area contributed by atoms with Gasteiger partial charge in [0.05, 0.1) is 4.90 Å². The Labute approximate surface area is 116 Å². The molecule has 108 valence electrons. The molecule has 0 saturated carbocycles. The number of anilines is 1. The monoisotopic (exact) mass is 284 g/mol. The van der Waals surface area contributed by atoms with Crippen LogP contribution in [0.2, 0.25) is 0 Å². The molecule has 1 rings (SSSR count). The van der Waals surface area contributed by atoms with Crippen molar-refractivity contribution in [1.29, 1.82) is 0 Å². The first-order chi connectivity index (χ1) is 8.82. The van der Waals surface area contributed by atoms with Crippen molar-refractivity contribution in [3.8, 4) is 0 Å². The summed E-state index contributed by atoms with van der Waals surface area (Å²) in [7, 11) is -3.42. The summed E-state index contributed by atoms with van der Waals surface area (Å²) in [6.45, 7) is 8.85. The number of nitrogens with zero attached hydrogens (tertiary/aromatic N) is 1. The summed E-state index contributed by atoms with van der Waals surface area (Å²) in [6, 6.07) is 4.88. The SMILES string of the molecule is CCC(C)CN(CC)S(=O)(=O)c1ccc(N)c(C)c1. The van der Waals surface area contributed by atoms with E-state index in [1.807, 2.05) is 13.8 Å². The number of aryl methyl sites for hydroxylation is 1. The lowest BCUT2D eigenvalue weighted by Gasteiger charge is -2.23. The predicted molar refractivity (Wildman–Crippen MR) is 79.5 cm³/mol. The number of benzene rings is 1. The first kappa shape index (κ1) is 16.0. The molecule has 1 atom stereocenters. The fourth-order valence-electron chi connectivity index (χ4n) is 1.83. The second kappa shape index (κ2) is 6.39. The van der Waals surface area contributed by atoms with Crippen LogP contribution in [0.4, 0.5) is 5.69 Å². The van der Waals surface area contributed by atoms with E-state index in [2.05, 4.69) is 13.8 Å². The van der Waals surface area contributed by atoms with Gasteiger partial charge in [-0.3, -0.25) is 0 Å². The summed E-state index contributed by atoms with van der Waals surface area (Å²) in [5.74, 6) is 0.351. The van der Waals surface area contributed by atoms with E-state index < -0.39 is 10.0 Å². The average molecular weight is 284 g/mol. The predicted octanol–water partition coefficient (Wildman–Crippen LogP) is 2.63. The van der Waals surface area contributed by atoms with Gasteiger partial charge in [-0.15, -0.1) is 0 Å². The molecular weight excluding hydrogens is 260 g/mol. The molecule has 0 fully saturated rings. The Bertz CT molecular complexity index is 526. The van der Waals surface area contributed by atoms with Crippen molar-refractivity contribution in [2.45, 2.75) is 39.0 Å². The van der Waals surface area contributed by atoms with E-state index in [-0.39, 0.29) is 0 Å². The second-order valence-electron chi connectivity index (χ2n) is 4.99. The highest BCUT2D eigenvalue weighted by Gasteiger charge is 2.24. The zero-order chi connectivity index (χ0) is 14.6. The minimum absolute atomic E-state index is 0.323. The van der Waals surface area contributed by atoms with Crippen LogP contribution in [0.25, 0.3) is 0 Å². The summed E-state index contributed by atoms with van der Waals surface area (Å²) in [6.07, 6.45) is 0.965. The molecule has 1 aromatic carbocycles. The molecule has 5 heteroatoms. The number of sulfonamides is 1. The highest BCUT2D eigenvalue weighted by molar-refractivity contribution is 7.89. The van der Waals surface area contributed by atoms with Gasteiger partial charge in [0.25, 0.3) is 0 Å². The van der Waals surface area contributed by atoms with E-state index >= 15 is 0 Å². The Kier molecular flexibility index (Phi) is 5.38. The maximum Gasteiger partial charge on any atom is 0.243 e. The van der Waals surface area contributed by atoms with E-state index in [1.54, 1.807) is 18.2 Å². The van der Waals surface area contributed by atoms with Gasteiger partial charge in [0.2, 0.25) is 10.0 Å². The lowest BCUT2D eigenvalue weighted by Crippen LogP contribution is -2.34. The van der Waals surface area contributed by atoms with Gasteiger partial charge in [0, 0.05) is 18.8 Å². The Morgan fingerprint density at radius 3 is 2.42 bits per heavy atom. The molecule has 2 N–H and O–H groups in total. The van der Waals surface area contributed by atoms with Crippen molar-refractivity contribution in [2.75, 3.05) is 18.8 Å². The fourth-order valence-corrected chi connectivity index (χ4v) is 3.49.